The van der Waals surface area contributed by atoms with Crippen LogP contribution in [-0.4, -0.2) is 25.8 Å². The van der Waals surface area contributed by atoms with Gasteiger partial charge in [0.25, 0.3) is 0 Å². The van der Waals surface area contributed by atoms with E-state index in [1.54, 1.807) is 12.2 Å². The molecule has 0 aromatic heterocycles. The quantitative estimate of drug-likeness (QED) is 0.753. The van der Waals surface area contributed by atoms with Gasteiger partial charge in [-0.1, -0.05) is 31.2 Å². The molecule has 0 bridgehead atoms. The van der Waals surface area contributed by atoms with E-state index in [4.69, 9.17) is 5.73 Å². The molecule has 16 heavy (non-hydrogen) atoms. The van der Waals surface area contributed by atoms with Gasteiger partial charge in [0.15, 0.2) is 9.84 Å². The molecule has 1 saturated heterocycles. The predicted molar refractivity (Wildman–Crippen MR) is 61.2 cm³/mol. The lowest BCUT2D eigenvalue weighted by atomic mass is 9.66. The number of sulfone groups is 1. The first-order valence-electron chi connectivity index (χ1n) is 5.21. The summed E-state index contributed by atoms with van der Waals surface area (Å²) in [6.45, 7) is 1.90. The fourth-order valence-corrected chi connectivity index (χ4v) is 4.31. The van der Waals surface area contributed by atoms with Crippen LogP contribution >= 0.6 is 0 Å². The highest BCUT2D eigenvalue weighted by Crippen LogP contribution is 2.45. The van der Waals surface area contributed by atoms with E-state index in [1.807, 2.05) is 19.1 Å². The van der Waals surface area contributed by atoms with Gasteiger partial charge in [-0.2, -0.15) is 0 Å². The summed E-state index contributed by atoms with van der Waals surface area (Å²) in [7, 11) is -2.88. The molecule has 0 radical (unpaired) electrons. The van der Waals surface area contributed by atoms with Crippen LogP contribution in [0.3, 0.4) is 0 Å². The average Bonchev–Trinajstić information content (AvgIpc) is 2.14. The summed E-state index contributed by atoms with van der Waals surface area (Å²) in [5.41, 5.74) is 4.90. The van der Waals surface area contributed by atoms with Crippen LogP contribution in [0.25, 0.3) is 0 Å². The molecule has 1 aliphatic heterocycles. The molecule has 88 valence electrons. The Morgan fingerprint density at radius 2 is 2.00 bits per heavy atom. The van der Waals surface area contributed by atoms with E-state index < -0.39 is 27.1 Å². The van der Waals surface area contributed by atoms with Gasteiger partial charge in [-0.15, -0.1) is 0 Å². The standard InChI is InChI=1S/C11H15NO3S/c1-11(8-6-16(14,15)7-8)5-3-2-4-9(11)10(12)13/h2-5,8-9H,6-7H2,1H3,(H2,12,13). The molecule has 2 unspecified atom stereocenters. The maximum absolute atomic E-state index is 11.4. The Labute approximate surface area is 95.1 Å². The summed E-state index contributed by atoms with van der Waals surface area (Å²) < 4.78 is 22.4. The number of rotatable bonds is 2. The monoisotopic (exact) mass is 241 g/mol. The zero-order valence-electron chi connectivity index (χ0n) is 9.09. The maximum Gasteiger partial charge on any atom is 0.225 e. The molecule has 5 heteroatoms. The third kappa shape index (κ3) is 1.69. The van der Waals surface area contributed by atoms with Crippen molar-refractivity contribution < 1.29 is 13.2 Å². The van der Waals surface area contributed by atoms with Gasteiger partial charge in [0, 0.05) is 5.41 Å². The SMILES string of the molecule is CC1(C2CS(=O)(=O)C2)C=CC=CC1C(N)=O. The van der Waals surface area contributed by atoms with Crippen LogP contribution in [0.4, 0.5) is 0 Å². The lowest BCUT2D eigenvalue weighted by Gasteiger charge is -2.44. The van der Waals surface area contributed by atoms with Crippen LogP contribution in [0.15, 0.2) is 24.3 Å². The number of carbonyl (C=O) groups is 1. The lowest BCUT2D eigenvalue weighted by molar-refractivity contribution is -0.123. The number of allylic oxidation sites excluding steroid dienone is 3. The Morgan fingerprint density at radius 1 is 1.38 bits per heavy atom. The Hall–Kier alpha value is -1.10. The van der Waals surface area contributed by atoms with Crippen LogP contribution in [0.2, 0.25) is 0 Å². The van der Waals surface area contributed by atoms with E-state index in [1.165, 1.54) is 0 Å². The van der Waals surface area contributed by atoms with E-state index in [2.05, 4.69) is 0 Å². The van der Waals surface area contributed by atoms with Crippen molar-refractivity contribution in [2.75, 3.05) is 11.5 Å². The Balaban J connectivity index is 2.26. The molecule has 0 aromatic carbocycles. The summed E-state index contributed by atoms with van der Waals surface area (Å²) in [5, 5.41) is 0. The van der Waals surface area contributed by atoms with Gasteiger partial charge in [-0.05, 0) is 5.92 Å². The van der Waals surface area contributed by atoms with Crippen molar-refractivity contribution in [3.8, 4) is 0 Å². The van der Waals surface area contributed by atoms with Crippen LogP contribution in [0, 0.1) is 17.3 Å². The van der Waals surface area contributed by atoms with Crippen LogP contribution < -0.4 is 5.73 Å². The van der Waals surface area contributed by atoms with Crippen molar-refractivity contribution in [3.05, 3.63) is 24.3 Å². The number of nitrogens with two attached hydrogens (primary N) is 1. The largest absolute Gasteiger partial charge is 0.369 e. The summed E-state index contributed by atoms with van der Waals surface area (Å²) in [6, 6.07) is 0. The minimum Gasteiger partial charge on any atom is -0.369 e. The number of hydrogen-bond donors (Lipinski definition) is 1. The number of primary amides is 1. The molecule has 1 aliphatic carbocycles. The zero-order valence-corrected chi connectivity index (χ0v) is 9.91. The average molecular weight is 241 g/mol. The van der Waals surface area contributed by atoms with E-state index in [0.29, 0.717) is 0 Å². The molecule has 0 aromatic rings. The fraction of sp³-hybridized carbons (Fsp3) is 0.545. The highest BCUT2D eigenvalue weighted by Gasteiger charge is 2.49. The molecule has 4 nitrogen and oxygen atoms in total. The van der Waals surface area contributed by atoms with Crippen LogP contribution in [0.1, 0.15) is 6.92 Å². The topological polar surface area (TPSA) is 77.2 Å². The molecule has 2 aliphatic rings. The first-order valence-corrected chi connectivity index (χ1v) is 7.03. The number of carbonyl (C=O) groups excluding carboxylic acids is 1. The van der Waals surface area contributed by atoms with Crippen LogP contribution in [-0.2, 0) is 14.6 Å². The van der Waals surface area contributed by atoms with E-state index in [-0.39, 0.29) is 17.4 Å². The minimum absolute atomic E-state index is 0.00352. The third-order valence-corrected chi connectivity index (χ3v) is 5.46. The third-order valence-electron chi connectivity index (χ3n) is 3.64. The molecule has 2 atom stereocenters. The summed E-state index contributed by atoms with van der Waals surface area (Å²) >= 11 is 0. The van der Waals surface area contributed by atoms with Gasteiger partial charge in [0.05, 0.1) is 17.4 Å². The molecule has 2 N–H and O–H groups in total. The van der Waals surface area contributed by atoms with E-state index >= 15 is 0 Å². The first-order chi connectivity index (χ1) is 7.35. The number of hydrogen-bond acceptors (Lipinski definition) is 3. The predicted octanol–water partition coefficient (Wildman–Crippen LogP) is 0.265. The highest BCUT2D eigenvalue weighted by atomic mass is 32.2. The Morgan fingerprint density at radius 3 is 2.50 bits per heavy atom. The lowest BCUT2D eigenvalue weighted by Crippen LogP contribution is -2.51. The molecular formula is C11H15NO3S. The molecule has 1 fully saturated rings. The van der Waals surface area contributed by atoms with Crippen LogP contribution in [0.5, 0.6) is 0 Å². The van der Waals surface area contributed by atoms with E-state index in [0.717, 1.165) is 0 Å². The second kappa shape index (κ2) is 3.45. The molecule has 1 heterocycles. The van der Waals surface area contributed by atoms with Gasteiger partial charge >= 0.3 is 0 Å². The second-order valence-corrected chi connectivity index (χ2v) is 6.92. The van der Waals surface area contributed by atoms with Crippen molar-refractivity contribution in [1.29, 1.82) is 0 Å². The van der Waals surface area contributed by atoms with Crippen molar-refractivity contribution in [2.24, 2.45) is 23.0 Å². The normalized spacial score (nSPS) is 36.9. The van der Waals surface area contributed by atoms with Gasteiger partial charge in [-0.3, -0.25) is 4.79 Å². The molecule has 0 saturated carbocycles. The Kier molecular flexibility index (Phi) is 2.45. The first kappa shape index (κ1) is 11.4. The van der Waals surface area contributed by atoms with E-state index in [9.17, 15) is 13.2 Å². The molecule has 1 amide bonds. The summed E-state index contributed by atoms with van der Waals surface area (Å²) in [4.78, 5) is 11.4. The highest BCUT2D eigenvalue weighted by molar-refractivity contribution is 7.92. The molecular weight excluding hydrogens is 226 g/mol. The van der Waals surface area contributed by atoms with Crippen molar-refractivity contribution in [3.63, 3.8) is 0 Å². The second-order valence-electron chi connectivity index (χ2n) is 4.76. The smallest absolute Gasteiger partial charge is 0.225 e. The number of amides is 1. The summed E-state index contributed by atoms with van der Waals surface area (Å²) in [6.07, 6.45) is 7.30. The molecule has 2 rings (SSSR count). The maximum atomic E-state index is 11.4. The van der Waals surface area contributed by atoms with Gasteiger partial charge < -0.3 is 5.73 Å². The zero-order chi connectivity index (χ0) is 12.0. The van der Waals surface area contributed by atoms with Crippen molar-refractivity contribution in [1.82, 2.24) is 0 Å². The van der Waals surface area contributed by atoms with Crippen molar-refractivity contribution in [2.45, 2.75) is 6.92 Å². The Bertz CT molecular complexity index is 465. The van der Waals surface area contributed by atoms with Gasteiger partial charge in [-0.25, -0.2) is 8.42 Å². The van der Waals surface area contributed by atoms with Crippen molar-refractivity contribution >= 4 is 15.7 Å². The van der Waals surface area contributed by atoms with Gasteiger partial charge in [0.1, 0.15) is 0 Å². The van der Waals surface area contributed by atoms with Gasteiger partial charge in [0.2, 0.25) is 5.91 Å². The fourth-order valence-electron chi connectivity index (χ4n) is 2.46. The minimum atomic E-state index is -2.88. The summed E-state index contributed by atoms with van der Waals surface area (Å²) in [5.74, 6) is -0.488. The molecule has 0 spiro atoms.